The van der Waals surface area contributed by atoms with Crippen LogP contribution in [0.1, 0.15) is 13.8 Å². The van der Waals surface area contributed by atoms with E-state index in [-0.39, 0.29) is 5.54 Å². The fourth-order valence-electron chi connectivity index (χ4n) is 2.71. The van der Waals surface area contributed by atoms with E-state index in [1.165, 1.54) is 5.69 Å². The molecule has 1 N–H and O–H groups in total. The molecule has 0 bridgehead atoms. The van der Waals surface area contributed by atoms with E-state index in [1.54, 1.807) is 0 Å². The summed E-state index contributed by atoms with van der Waals surface area (Å²) < 4.78 is 0. The number of piperazine rings is 1. The molecule has 1 aromatic carbocycles. The van der Waals surface area contributed by atoms with E-state index in [0.717, 1.165) is 35.6 Å². The monoisotopic (exact) mass is 278 g/mol. The minimum Gasteiger partial charge on any atom is -0.368 e. The Kier molecular flexibility index (Phi) is 2.95. The smallest absolute Gasteiger partial charge is 0.0686 e. The van der Waals surface area contributed by atoms with Crippen LogP contribution in [0.25, 0.3) is 10.9 Å². The number of nitrogens with zero attached hydrogens (tertiary/aromatic N) is 3. The minimum absolute atomic E-state index is 0.163. The summed E-state index contributed by atoms with van der Waals surface area (Å²) in [6, 6.07) is 3.97. The number of nitrogens with one attached hydrogen (secondary N) is 1. The molecule has 2 aromatic rings. The number of aromatic amines is 1. The third-order valence-electron chi connectivity index (χ3n) is 4.16. The van der Waals surface area contributed by atoms with Crippen LogP contribution < -0.4 is 4.90 Å². The molecule has 102 valence electrons. The number of rotatable bonds is 1. The van der Waals surface area contributed by atoms with Crippen molar-refractivity contribution in [3.05, 3.63) is 23.4 Å². The van der Waals surface area contributed by atoms with Crippen molar-refractivity contribution in [1.82, 2.24) is 15.1 Å². The molecule has 0 amide bonds. The summed E-state index contributed by atoms with van der Waals surface area (Å²) in [4.78, 5) is 4.81. The second-order valence-corrected chi connectivity index (χ2v) is 6.35. The van der Waals surface area contributed by atoms with E-state index in [9.17, 15) is 0 Å². The van der Waals surface area contributed by atoms with Crippen LogP contribution in [0, 0.1) is 0 Å². The predicted octanol–water partition coefficient (Wildman–Crippen LogP) is 2.75. The van der Waals surface area contributed by atoms with Crippen molar-refractivity contribution < 1.29 is 0 Å². The summed E-state index contributed by atoms with van der Waals surface area (Å²) in [6.45, 7) is 7.61. The van der Waals surface area contributed by atoms with E-state index in [1.807, 2.05) is 18.3 Å². The quantitative estimate of drug-likeness (QED) is 0.871. The van der Waals surface area contributed by atoms with Crippen LogP contribution in [0.4, 0.5) is 5.69 Å². The Labute approximate surface area is 118 Å². The van der Waals surface area contributed by atoms with Crippen LogP contribution in [0.5, 0.6) is 0 Å². The van der Waals surface area contributed by atoms with Crippen molar-refractivity contribution in [2.75, 3.05) is 31.6 Å². The van der Waals surface area contributed by atoms with Gasteiger partial charge >= 0.3 is 0 Å². The van der Waals surface area contributed by atoms with Gasteiger partial charge < -0.3 is 4.90 Å². The Balaban J connectivity index is 2.02. The van der Waals surface area contributed by atoms with Crippen LogP contribution in [0.3, 0.4) is 0 Å². The van der Waals surface area contributed by atoms with Crippen molar-refractivity contribution in [2.24, 2.45) is 0 Å². The van der Waals surface area contributed by atoms with Gasteiger partial charge in [-0.2, -0.15) is 5.10 Å². The van der Waals surface area contributed by atoms with Crippen molar-refractivity contribution in [1.29, 1.82) is 0 Å². The highest BCUT2D eigenvalue weighted by Crippen LogP contribution is 2.32. The Morgan fingerprint density at radius 2 is 2.11 bits per heavy atom. The van der Waals surface area contributed by atoms with Crippen molar-refractivity contribution >= 4 is 28.2 Å². The molecule has 1 fully saturated rings. The van der Waals surface area contributed by atoms with Crippen LogP contribution in [0.2, 0.25) is 5.02 Å². The van der Waals surface area contributed by atoms with Crippen LogP contribution in [0.15, 0.2) is 18.3 Å². The number of anilines is 1. The molecule has 4 nitrogen and oxygen atoms in total. The Bertz CT molecular complexity index is 605. The summed E-state index contributed by atoms with van der Waals surface area (Å²) in [6.07, 6.45) is 1.88. The standard InChI is InChI=1S/C14H19ClN4/c1-14(2)9-19(5-4-18(14)3)13-7-10(15)6-12-11(13)8-16-17-12/h6-8H,4-5,9H2,1-3H3,(H,16,17). The molecule has 1 saturated heterocycles. The summed E-state index contributed by atoms with van der Waals surface area (Å²) in [5, 5.41) is 9.02. The number of benzene rings is 1. The number of hydrogen-bond acceptors (Lipinski definition) is 3. The maximum Gasteiger partial charge on any atom is 0.0686 e. The number of aromatic nitrogens is 2. The minimum atomic E-state index is 0.163. The van der Waals surface area contributed by atoms with Crippen LogP contribution in [-0.2, 0) is 0 Å². The molecule has 0 radical (unpaired) electrons. The number of H-pyrrole nitrogens is 1. The van der Waals surface area contributed by atoms with Gasteiger partial charge in [0.1, 0.15) is 0 Å². The first-order valence-electron chi connectivity index (χ1n) is 6.56. The lowest BCUT2D eigenvalue weighted by Crippen LogP contribution is -2.57. The van der Waals surface area contributed by atoms with E-state index in [0.29, 0.717) is 0 Å². The molecular weight excluding hydrogens is 260 g/mol. The number of hydrogen-bond donors (Lipinski definition) is 1. The average molecular weight is 279 g/mol. The molecule has 3 rings (SSSR count). The topological polar surface area (TPSA) is 35.2 Å². The average Bonchev–Trinajstić information content (AvgIpc) is 2.79. The first-order chi connectivity index (χ1) is 8.97. The zero-order valence-corrected chi connectivity index (χ0v) is 12.3. The number of likely N-dealkylation sites (N-methyl/N-ethyl adjacent to an activating group) is 1. The van der Waals surface area contributed by atoms with Crippen LogP contribution in [-0.4, -0.2) is 47.3 Å². The van der Waals surface area contributed by atoms with Gasteiger partial charge in [0.2, 0.25) is 0 Å². The van der Waals surface area contributed by atoms with Gasteiger partial charge in [-0.3, -0.25) is 10.00 Å². The van der Waals surface area contributed by atoms with Gasteiger partial charge in [0.15, 0.2) is 0 Å². The SMILES string of the molecule is CN1CCN(c2cc(Cl)cc3[nH]ncc23)CC1(C)C. The first-order valence-corrected chi connectivity index (χ1v) is 6.94. The highest BCUT2D eigenvalue weighted by molar-refractivity contribution is 6.31. The summed E-state index contributed by atoms with van der Waals surface area (Å²) >= 11 is 6.21. The van der Waals surface area contributed by atoms with Gasteiger partial charge in [0.05, 0.1) is 11.7 Å². The Morgan fingerprint density at radius 1 is 1.32 bits per heavy atom. The fourth-order valence-corrected chi connectivity index (χ4v) is 2.92. The van der Waals surface area contributed by atoms with Gasteiger partial charge in [0.25, 0.3) is 0 Å². The lowest BCUT2D eigenvalue weighted by molar-refractivity contribution is 0.139. The summed E-state index contributed by atoms with van der Waals surface area (Å²) in [5.41, 5.74) is 2.34. The van der Waals surface area contributed by atoms with Gasteiger partial charge in [0, 0.05) is 41.3 Å². The van der Waals surface area contributed by atoms with Crippen molar-refractivity contribution in [3.8, 4) is 0 Å². The first kappa shape index (κ1) is 12.8. The highest BCUT2D eigenvalue weighted by Gasteiger charge is 2.31. The maximum atomic E-state index is 6.21. The zero-order valence-electron chi connectivity index (χ0n) is 11.6. The van der Waals surface area contributed by atoms with Gasteiger partial charge in [-0.05, 0) is 33.0 Å². The molecule has 2 heterocycles. The normalized spacial score (nSPS) is 20.1. The zero-order chi connectivity index (χ0) is 13.6. The van der Waals surface area contributed by atoms with Gasteiger partial charge in [-0.15, -0.1) is 0 Å². The van der Waals surface area contributed by atoms with Crippen molar-refractivity contribution in [2.45, 2.75) is 19.4 Å². The fraction of sp³-hybridized carbons (Fsp3) is 0.500. The summed E-state index contributed by atoms with van der Waals surface area (Å²) in [5.74, 6) is 0. The molecule has 1 aromatic heterocycles. The lowest BCUT2D eigenvalue weighted by atomic mass is 9.99. The molecule has 0 unspecified atom stereocenters. The largest absolute Gasteiger partial charge is 0.368 e. The van der Waals surface area contributed by atoms with E-state index in [4.69, 9.17) is 11.6 Å². The Morgan fingerprint density at radius 3 is 2.84 bits per heavy atom. The molecule has 19 heavy (non-hydrogen) atoms. The highest BCUT2D eigenvalue weighted by atomic mass is 35.5. The van der Waals surface area contributed by atoms with E-state index < -0.39 is 0 Å². The second kappa shape index (κ2) is 4.39. The number of halogens is 1. The van der Waals surface area contributed by atoms with E-state index >= 15 is 0 Å². The Hall–Kier alpha value is -1.26. The molecule has 0 saturated carbocycles. The molecule has 1 aliphatic heterocycles. The molecule has 0 atom stereocenters. The van der Waals surface area contributed by atoms with Crippen LogP contribution >= 0.6 is 11.6 Å². The van der Waals surface area contributed by atoms with Gasteiger partial charge in [-0.25, -0.2) is 0 Å². The second-order valence-electron chi connectivity index (χ2n) is 5.91. The van der Waals surface area contributed by atoms with Gasteiger partial charge in [-0.1, -0.05) is 11.6 Å². The molecule has 0 aliphatic carbocycles. The maximum absolute atomic E-state index is 6.21. The lowest BCUT2D eigenvalue weighted by Gasteiger charge is -2.46. The molecule has 5 heteroatoms. The van der Waals surface area contributed by atoms with E-state index in [2.05, 4.69) is 40.9 Å². The predicted molar refractivity (Wildman–Crippen MR) is 80.0 cm³/mol. The number of fused-ring (bicyclic) bond motifs is 1. The van der Waals surface area contributed by atoms with Crippen molar-refractivity contribution in [3.63, 3.8) is 0 Å². The third-order valence-corrected chi connectivity index (χ3v) is 4.38. The molecule has 1 aliphatic rings. The summed E-state index contributed by atoms with van der Waals surface area (Å²) in [7, 11) is 2.18. The molecule has 0 spiro atoms. The molecular formula is C14H19ClN4. The third kappa shape index (κ3) is 2.19.